The number of para-hydroxylation sites is 1. The molecule has 1 aliphatic heterocycles. The average molecular weight is 291 g/mol. The summed E-state index contributed by atoms with van der Waals surface area (Å²) in [6.45, 7) is 0. The van der Waals surface area contributed by atoms with E-state index in [0.717, 1.165) is 5.56 Å². The number of ketones is 1. The summed E-state index contributed by atoms with van der Waals surface area (Å²) in [6, 6.07) is 16.5. The van der Waals surface area contributed by atoms with E-state index in [2.05, 4.69) is 10.1 Å². The van der Waals surface area contributed by atoms with Crippen molar-refractivity contribution in [3.8, 4) is 5.75 Å². The number of carbonyl (C=O) groups excluding carboxylic acids is 1. The third kappa shape index (κ3) is 1.98. The third-order valence-corrected chi connectivity index (χ3v) is 3.81. The van der Waals surface area contributed by atoms with Gasteiger partial charge in [-0.2, -0.15) is 5.10 Å². The minimum Gasteiger partial charge on any atom is -0.482 e. The van der Waals surface area contributed by atoms with Gasteiger partial charge in [0.15, 0.2) is 17.9 Å². The summed E-state index contributed by atoms with van der Waals surface area (Å²) in [5, 5.41) is 4.14. The average Bonchev–Trinajstić information content (AvgIpc) is 3.10. The van der Waals surface area contributed by atoms with E-state index in [1.165, 1.54) is 6.33 Å². The van der Waals surface area contributed by atoms with Crippen molar-refractivity contribution in [3.63, 3.8) is 0 Å². The zero-order valence-corrected chi connectivity index (χ0v) is 11.7. The Balaban J connectivity index is 1.86. The summed E-state index contributed by atoms with van der Waals surface area (Å²) in [7, 11) is 0. The van der Waals surface area contributed by atoms with Crippen LogP contribution in [0.5, 0.6) is 5.75 Å². The summed E-state index contributed by atoms with van der Waals surface area (Å²) < 4.78 is 7.68. The van der Waals surface area contributed by atoms with Crippen molar-refractivity contribution in [2.75, 3.05) is 0 Å². The molecule has 108 valence electrons. The zero-order chi connectivity index (χ0) is 14.9. The second-order valence-electron chi connectivity index (χ2n) is 5.13. The van der Waals surface area contributed by atoms with E-state index in [1.54, 1.807) is 17.1 Å². The Hall–Kier alpha value is -2.95. The maximum absolute atomic E-state index is 12.9. The SMILES string of the molecule is O=C1c2ccccc2OC(c2ccccc2)C1n1cncn1. The molecule has 2 heterocycles. The van der Waals surface area contributed by atoms with Gasteiger partial charge in [-0.1, -0.05) is 42.5 Å². The standard InChI is InChI=1S/C17H13N3O2/c21-16-13-8-4-5-9-14(13)22-17(12-6-2-1-3-7-12)15(16)20-11-18-10-19-20/h1-11,15,17H. The topological polar surface area (TPSA) is 57.0 Å². The fourth-order valence-electron chi connectivity index (χ4n) is 2.78. The lowest BCUT2D eigenvalue weighted by Gasteiger charge is -2.32. The highest BCUT2D eigenvalue weighted by atomic mass is 16.5. The lowest BCUT2D eigenvalue weighted by Crippen LogP contribution is -2.34. The molecule has 1 aliphatic rings. The van der Waals surface area contributed by atoms with Gasteiger partial charge in [-0.3, -0.25) is 4.79 Å². The van der Waals surface area contributed by atoms with Crippen LogP contribution in [0.2, 0.25) is 0 Å². The van der Waals surface area contributed by atoms with Gasteiger partial charge >= 0.3 is 0 Å². The van der Waals surface area contributed by atoms with Crippen molar-refractivity contribution in [3.05, 3.63) is 78.4 Å². The molecular formula is C17H13N3O2. The van der Waals surface area contributed by atoms with Gasteiger partial charge < -0.3 is 4.74 Å². The first-order valence-electron chi connectivity index (χ1n) is 7.03. The Morgan fingerprint density at radius 1 is 1.00 bits per heavy atom. The van der Waals surface area contributed by atoms with Crippen molar-refractivity contribution < 1.29 is 9.53 Å². The van der Waals surface area contributed by atoms with Crippen LogP contribution < -0.4 is 4.74 Å². The van der Waals surface area contributed by atoms with Crippen LogP contribution in [0.15, 0.2) is 67.3 Å². The van der Waals surface area contributed by atoms with E-state index in [0.29, 0.717) is 11.3 Å². The normalized spacial score (nSPS) is 20.3. The molecule has 0 bridgehead atoms. The van der Waals surface area contributed by atoms with Crippen molar-refractivity contribution >= 4 is 5.78 Å². The molecular weight excluding hydrogens is 278 g/mol. The largest absolute Gasteiger partial charge is 0.482 e. The zero-order valence-electron chi connectivity index (χ0n) is 11.7. The van der Waals surface area contributed by atoms with E-state index in [1.807, 2.05) is 48.5 Å². The minimum atomic E-state index is -0.556. The van der Waals surface area contributed by atoms with Crippen molar-refractivity contribution in [2.24, 2.45) is 0 Å². The first-order chi connectivity index (χ1) is 10.8. The number of aromatic nitrogens is 3. The monoisotopic (exact) mass is 291 g/mol. The van der Waals surface area contributed by atoms with Crippen molar-refractivity contribution in [1.29, 1.82) is 0 Å². The number of Topliss-reactive ketones (excluding diaryl/α,β-unsaturated/α-hetero) is 1. The number of fused-ring (bicyclic) bond motifs is 1. The lowest BCUT2D eigenvalue weighted by atomic mass is 9.91. The summed E-state index contributed by atoms with van der Waals surface area (Å²) in [5.74, 6) is 0.596. The van der Waals surface area contributed by atoms with Gasteiger partial charge in [0.05, 0.1) is 5.56 Å². The summed E-state index contributed by atoms with van der Waals surface area (Å²) in [5.41, 5.74) is 1.51. The smallest absolute Gasteiger partial charge is 0.195 e. The van der Waals surface area contributed by atoms with E-state index < -0.39 is 12.1 Å². The second kappa shape index (κ2) is 5.11. The fraction of sp³-hybridized carbons (Fsp3) is 0.118. The first kappa shape index (κ1) is 12.8. The second-order valence-corrected chi connectivity index (χ2v) is 5.13. The van der Waals surface area contributed by atoms with Gasteiger partial charge in [0.2, 0.25) is 0 Å². The number of ether oxygens (including phenoxy) is 1. The van der Waals surface area contributed by atoms with Crippen LogP contribution in [0.3, 0.4) is 0 Å². The predicted molar refractivity (Wildman–Crippen MR) is 79.6 cm³/mol. The van der Waals surface area contributed by atoms with Crippen LogP contribution in [-0.2, 0) is 0 Å². The summed E-state index contributed by atoms with van der Waals surface area (Å²) >= 11 is 0. The number of nitrogens with zero attached hydrogens (tertiary/aromatic N) is 3. The predicted octanol–water partition coefficient (Wildman–Crippen LogP) is 2.84. The van der Waals surface area contributed by atoms with Gasteiger partial charge in [0.1, 0.15) is 18.4 Å². The first-order valence-corrected chi connectivity index (χ1v) is 7.03. The van der Waals surface area contributed by atoms with Gasteiger partial charge in [-0.05, 0) is 17.7 Å². The molecule has 0 amide bonds. The van der Waals surface area contributed by atoms with Gasteiger partial charge in [0.25, 0.3) is 0 Å². The number of rotatable bonds is 2. The maximum Gasteiger partial charge on any atom is 0.195 e. The molecule has 0 aliphatic carbocycles. The quantitative estimate of drug-likeness (QED) is 0.728. The van der Waals surface area contributed by atoms with Crippen LogP contribution in [0.4, 0.5) is 0 Å². The van der Waals surface area contributed by atoms with Gasteiger partial charge in [-0.25, -0.2) is 9.67 Å². The molecule has 2 atom stereocenters. The van der Waals surface area contributed by atoms with Crippen LogP contribution in [-0.4, -0.2) is 20.5 Å². The van der Waals surface area contributed by atoms with E-state index in [4.69, 9.17) is 4.74 Å². The lowest BCUT2D eigenvalue weighted by molar-refractivity contribution is 0.0653. The number of benzene rings is 2. The molecule has 0 saturated heterocycles. The summed E-state index contributed by atoms with van der Waals surface area (Å²) in [4.78, 5) is 16.9. The molecule has 0 spiro atoms. The maximum atomic E-state index is 12.9. The molecule has 2 unspecified atom stereocenters. The number of carbonyl (C=O) groups is 1. The Labute approximate surface area is 127 Å². The van der Waals surface area contributed by atoms with Crippen molar-refractivity contribution in [1.82, 2.24) is 14.8 Å². The molecule has 0 radical (unpaired) electrons. The van der Waals surface area contributed by atoms with Crippen LogP contribution in [0.25, 0.3) is 0 Å². The molecule has 2 aromatic carbocycles. The molecule has 5 nitrogen and oxygen atoms in total. The Morgan fingerprint density at radius 3 is 2.55 bits per heavy atom. The molecule has 22 heavy (non-hydrogen) atoms. The van der Waals surface area contributed by atoms with E-state index >= 15 is 0 Å². The van der Waals surface area contributed by atoms with Crippen LogP contribution in [0.1, 0.15) is 28.1 Å². The van der Waals surface area contributed by atoms with E-state index in [-0.39, 0.29) is 5.78 Å². The molecule has 1 aromatic heterocycles. The number of hydrogen-bond acceptors (Lipinski definition) is 4. The van der Waals surface area contributed by atoms with Crippen molar-refractivity contribution in [2.45, 2.75) is 12.1 Å². The Morgan fingerprint density at radius 2 is 1.77 bits per heavy atom. The molecule has 0 N–H and O–H groups in total. The third-order valence-electron chi connectivity index (χ3n) is 3.81. The molecule has 0 fully saturated rings. The fourth-order valence-corrected chi connectivity index (χ4v) is 2.78. The highest BCUT2D eigenvalue weighted by Crippen LogP contribution is 2.40. The molecule has 5 heteroatoms. The van der Waals surface area contributed by atoms with Crippen LogP contribution in [0, 0.1) is 0 Å². The molecule has 4 rings (SSSR count). The highest BCUT2D eigenvalue weighted by molar-refractivity contribution is 6.02. The molecule has 3 aromatic rings. The Kier molecular flexibility index (Phi) is 2.96. The van der Waals surface area contributed by atoms with E-state index in [9.17, 15) is 4.79 Å². The number of hydrogen-bond donors (Lipinski definition) is 0. The van der Waals surface area contributed by atoms with Gasteiger partial charge in [0, 0.05) is 0 Å². The summed E-state index contributed by atoms with van der Waals surface area (Å²) in [6.07, 6.45) is 2.55. The van der Waals surface area contributed by atoms with Crippen LogP contribution >= 0.6 is 0 Å². The molecule has 0 saturated carbocycles. The highest BCUT2D eigenvalue weighted by Gasteiger charge is 2.39. The minimum absolute atomic E-state index is 0.0128. The van der Waals surface area contributed by atoms with Gasteiger partial charge in [-0.15, -0.1) is 0 Å². The Bertz CT molecular complexity index is 800.